The first-order valence-electron chi connectivity index (χ1n) is 4.99. The van der Waals surface area contributed by atoms with E-state index in [1.54, 1.807) is 24.3 Å². The lowest BCUT2D eigenvalue weighted by Crippen LogP contribution is -2.09. The van der Waals surface area contributed by atoms with Crippen LogP contribution in [-0.4, -0.2) is 5.91 Å². The molecular weight excluding hydrogens is 300 g/mol. The molecule has 0 radical (unpaired) electrons. The molecule has 1 amide bonds. The summed E-state index contributed by atoms with van der Waals surface area (Å²) in [6.07, 6.45) is 0. The highest BCUT2D eigenvalue weighted by Gasteiger charge is 2.11. The van der Waals surface area contributed by atoms with Gasteiger partial charge in [-0.05, 0) is 58.7 Å². The molecule has 2 rings (SSSR count). The van der Waals surface area contributed by atoms with Crippen LogP contribution in [0.4, 0.5) is 11.4 Å². The Bertz CT molecular complexity index is 529. The number of nitrogens with one attached hydrogen (secondary N) is 1. The Morgan fingerprint density at radius 2 is 2.00 bits per heavy atom. The van der Waals surface area contributed by atoms with Crippen molar-refractivity contribution in [2.45, 2.75) is 6.92 Å². The van der Waals surface area contributed by atoms with Crippen LogP contribution in [0, 0.1) is 6.92 Å². The van der Waals surface area contributed by atoms with E-state index in [-0.39, 0.29) is 5.91 Å². The maximum Gasteiger partial charge on any atom is 0.265 e. The molecule has 88 valence electrons. The van der Waals surface area contributed by atoms with Gasteiger partial charge < -0.3 is 11.1 Å². The molecule has 0 bridgehead atoms. The number of nitrogen functional groups attached to an aromatic ring is 1. The molecule has 0 aliphatic heterocycles. The first-order chi connectivity index (χ1) is 8.06. The number of hydrogen-bond acceptors (Lipinski definition) is 3. The molecule has 0 saturated carbocycles. The van der Waals surface area contributed by atoms with Crippen LogP contribution in [0.2, 0.25) is 0 Å². The fourth-order valence-corrected chi connectivity index (χ4v) is 2.76. The van der Waals surface area contributed by atoms with E-state index >= 15 is 0 Å². The van der Waals surface area contributed by atoms with Crippen LogP contribution in [0.1, 0.15) is 15.2 Å². The van der Waals surface area contributed by atoms with Gasteiger partial charge in [-0.2, -0.15) is 0 Å². The standard InChI is InChI=1S/C12H11BrN2OS/c1-7-6-10(17-11(7)13)12(16)15-9-4-2-8(14)3-5-9/h2-6H,14H2,1H3,(H,15,16). The molecule has 1 heterocycles. The number of amides is 1. The van der Waals surface area contributed by atoms with E-state index in [1.807, 2.05) is 13.0 Å². The van der Waals surface area contributed by atoms with Crippen molar-refractivity contribution in [3.8, 4) is 0 Å². The van der Waals surface area contributed by atoms with Crippen molar-refractivity contribution in [3.05, 3.63) is 44.6 Å². The molecule has 0 unspecified atom stereocenters. The average Bonchev–Trinajstić information content (AvgIpc) is 2.63. The van der Waals surface area contributed by atoms with Crippen LogP contribution < -0.4 is 11.1 Å². The fourth-order valence-electron chi connectivity index (χ4n) is 1.33. The first kappa shape index (κ1) is 12.1. The molecule has 0 atom stereocenters. The maximum absolute atomic E-state index is 11.9. The van der Waals surface area contributed by atoms with Crippen molar-refractivity contribution in [1.29, 1.82) is 0 Å². The third-order valence-electron chi connectivity index (χ3n) is 2.25. The minimum Gasteiger partial charge on any atom is -0.399 e. The van der Waals surface area contributed by atoms with E-state index in [9.17, 15) is 4.79 Å². The number of aryl methyl sites for hydroxylation is 1. The Morgan fingerprint density at radius 1 is 1.35 bits per heavy atom. The average molecular weight is 311 g/mol. The number of thiophene rings is 1. The molecule has 1 aromatic heterocycles. The van der Waals surface area contributed by atoms with Gasteiger partial charge in [-0.15, -0.1) is 11.3 Å². The topological polar surface area (TPSA) is 55.1 Å². The molecule has 0 fully saturated rings. The lowest BCUT2D eigenvalue weighted by Gasteiger charge is -2.03. The highest BCUT2D eigenvalue weighted by Crippen LogP contribution is 2.27. The molecular formula is C12H11BrN2OS. The predicted octanol–water partition coefficient (Wildman–Crippen LogP) is 3.65. The van der Waals surface area contributed by atoms with Gasteiger partial charge in [-0.1, -0.05) is 0 Å². The molecule has 17 heavy (non-hydrogen) atoms. The van der Waals surface area contributed by atoms with E-state index in [2.05, 4.69) is 21.2 Å². The van der Waals surface area contributed by atoms with E-state index in [0.29, 0.717) is 10.6 Å². The zero-order valence-electron chi connectivity index (χ0n) is 9.16. The lowest BCUT2D eigenvalue weighted by atomic mass is 10.3. The van der Waals surface area contributed by atoms with Gasteiger partial charge in [-0.3, -0.25) is 4.79 Å². The molecule has 0 aliphatic rings. The summed E-state index contributed by atoms with van der Waals surface area (Å²) in [4.78, 5) is 12.6. The summed E-state index contributed by atoms with van der Waals surface area (Å²) >= 11 is 4.83. The normalized spacial score (nSPS) is 10.2. The van der Waals surface area contributed by atoms with Crippen LogP contribution in [0.5, 0.6) is 0 Å². The van der Waals surface area contributed by atoms with Gasteiger partial charge in [0.15, 0.2) is 0 Å². The summed E-state index contributed by atoms with van der Waals surface area (Å²) in [6.45, 7) is 1.96. The molecule has 0 saturated heterocycles. The minimum atomic E-state index is -0.103. The number of benzene rings is 1. The molecule has 3 nitrogen and oxygen atoms in total. The molecule has 5 heteroatoms. The van der Waals surface area contributed by atoms with E-state index in [4.69, 9.17) is 5.73 Å². The minimum absolute atomic E-state index is 0.103. The first-order valence-corrected chi connectivity index (χ1v) is 6.60. The van der Waals surface area contributed by atoms with Crippen LogP contribution >= 0.6 is 27.3 Å². The Hall–Kier alpha value is -1.33. The number of carbonyl (C=O) groups excluding carboxylic acids is 1. The van der Waals surface area contributed by atoms with Gasteiger partial charge in [0.05, 0.1) is 8.66 Å². The maximum atomic E-state index is 11.9. The monoisotopic (exact) mass is 310 g/mol. The number of anilines is 2. The fraction of sp³-hybridized carbons (Fsp3) is 0.0833. The van der Waals surface area contributed by atoms with Crippen LogP contribution in [0.3, 0.4) is 0 Å². The third kappa shape index (κ3) is 2.87. The summed E-state index contributed by atoms with van der Waals surface area (Å²) in [5.74, 6) is -0.103. The predicted molar refractivity (Wildman–Crippen MR) is 75.6 cm³/mol. The van der Waals surface area contributed by atoms with Crippen molar-refractivity contribution in [2.24, 2.45) is 0 Å². The Kier molecular flexibility index (Phi) is 3.49. The van der Waals surface area contributed by atoms with Gasteiger partial charge >= 0.3 is 0 Å². The van der Waals surface area contributed by atoms with Gasteiger partial charge in [-0.25, -0.2) is 0 Å². The SMILES string of the molecule is Cc1cc(C(=O)Nc2ccc(N)cc2)sc1Br. The van der Waals surface area contributed by atoms with Gasteiger partial charge in [0.2, 0.25) is 0 Å². The van der Waals surface area contributed by atoms with Gasteiger partial charge in [0, 0.05) is 11.4 Å². The smallest absolute Gasteiger partial charge is 0.265 e. The Morgan fingerprint density at radius 3 is 2.53 bits per heavy atom. The number of hydrogen-bond donors (Lipinski definition) is 2. The van der Waals surface area contributed by atoms with Crippen molar-refractivity contribution in [2.75, 3.05) is 11.1 Å². The van der Waals surface area contributed by atoms with E-state index in [1.165, 1.54) is 11.3 Å². The van der Waals surface area contributed by atoms with E-state index in [0.717, 1.165) is 15.0 Å². The third-order valence-corrected chi connectivity index (χ3v) is 4.38. The van der Waals surface area contributed by atoms with E-state index < -0.39 is 0 Å². The number of carbonyl (C=O) groups is 1. The van der Waals surface area contributed by atoms with Gasteiger partial charge in [0.1, 0.15) is 0 Å². The summed E-state index contributed by atoms with van der Waals surface area (Å²) in [5, 5.41) is 2.82. The summed E-state index contributed by atoms with van der Waals surface area (Å²) in [5.41, 5.74) is 8.06. The second-order valence-electron chi connectivity index (χ2n) is 3.64. The van der Waals surface area contributed by atoms with Crippen LogP contribution in [0.25, 0.3) is 0 Å². The molecule has 0 spiro atoms. The second-order valence-corrected chi connectivity index (χ2v) is 6.01. The number of halogens is 1. The molecule has 3 N–H and O–H groups in total. The second kappa shape index (κ2) is 4.89. The molecule has 2 aromatic rings. The highest BCUT2D eigenvalue weighted by molar-refractivity contribution is 9.11. The molecule has 0 aliphatic carbocycles. The van der Waals surface area contributed by atoms with Crippen molar-refractivity contribution in [3.63, 3.8) is 0 Å². The Balaban J connectivity index is 2.14. The highest BCUT2D eigenvalue weighted by atomic mass is 79.9. The zero-order chi connectivity index (χ0) is 12.4. The van der Waals surface area contributed by atoms with Crippen LogP contribution in [0.15, 0.2) is 34.1 Å². The van der Waals surface area contributed by atoms with Crippen LogP contribution in [-0.2, 0) is 0 Å². The summed E-state index contributed by atoms with van der Waals surface area (Å²) in [7, 11) is 0. The van der Waals surface area contributed by atoms with Crippen molar-refractivity contribution < 1.29 is 4.79 Å². The largest absolute Gasteiger partial charge is 0.399 e. The zero-order valence-corrected chi connectivity index (χ0v) is 11.6. The lowest BCUT2D eigenvalue weighted by molar-refractivity contribution is 0.103. The quantitative estimate of drug-likeness (QED) is 0.832. The number of rotatable bonds is 2. The Labute approximate surface area is 112 Å². The van der Waals surface area contributed by atoms with Crippen molar-refractivity contribution >= 4 is 44.5 Å². The molecule has 1 aromatic carbocycles. The van der Waals surface area contributed by atoms with Gasteiger partial charge in [0.25, 0.3) is 5.91 Å². The van der Waals surface area contributed by atoms with Crippen molar-refractivity contribution in [1.82, 2.24) is 0 Å². The summed E-state index contributed by atoms with van der Waals surface area (Å²) in [6, 6.07) is 8.93. The number of nitrogens with two attached hydrogens (primary N) is 1. The summed E-state index contributed by atoms with van der Waals surface area (Å²) < 4.78 is 0.986.